The molecule has 3 amide bonds. The fourth-order valence-corrected chi connectivity index (χ4v) is 6.15. The third-order valence-corrected chi connectivity index (χ3v) is 8.20. The number of carbonyl (C=O) groups excluding carboxylic acids is 2. The number of benzene rings is 2. The largest absolute Gasteiger partial charge is 0.465 e. The smallest absolute Gasteiger partial charge is 0.411 e. The van der Waals surface area contributed by atoms with Crippen molar-refractivity contribution >= 4 is 41.1 Å². The van der Waals surface area contributed by atoms with Crippen molar-refractivity contribution in [1.82, 2.24) is 10.2 Å². The monoisotopic (exact) mass is 546 g/mol. The summed E-state index contributed by atoms with van der Waals surface area (Å²) in [5.41, 5.74) is 1.13. The Morgan fingerprint density at radius 2 is 1.68 bits per heavy atom. The average molecular weight is 548 g/mol. The van der Waals surface area contributed by atoms with Gasteiger partial charge < -0.3 is 10.0 Å². The standard InChI is InChI=1S/C29H36Cl2N2O4/c1-5-18(26(34)32-28(36)37)16-29(4)17-24(20-9-8-10-22(31)15-20)25(19-11-13-21(30)14-12-19)33(27(29)35)23(6-2)7-3/h8-15,18,23-25H,5-7,16-17H2,1-4H3,(H,32,34)(H,36,37)/t18?,24-,25-,29+/m1/s1. The van der Waals surface area contributed by atoms with Gasteiger partial charge in [-0.25, -0.2) is 4.79 Å². The van der Waals surface area contributed by atoms with Gasteiger partial charge in [-0.3, -0.25) is 14.9 Å². The number of nitrogens with zero attached hydrogens (tertiary/aromatic N) is 1. The van der Waals surface area contributed by atoms with E-state index in [0.29, 0.717) is 22.9 Å². The van der Waals surface area contributed by atoms with Crippen molar-refractivity contribution in [3.63, 3.8) is 0 Å². The lowest BCUT2D eigenvalue weighted by atomic mass is 9.65. The van der Waals surface area contributed by atoms with Crippen LogP contribution in [0.2, 0.25) is 10.0 Å². The van der Waals surface area contributed by atoms with E-state index in [0.717, 1.165) is 24.0 Å². The third kappa shape index (κ3) is 6.47. The van der Waals surface area contributed by atoms with Crippen LogP contribution in [0.25, 0.3) is 0 Å². The Morgan fingerprint density at radius 1 is 1.03 bits per heavy atom. The van der Waals surface area contributed by atoms with Gasteiger partial charge in [0.1, 0.15) is 0 Å². The lowest BCUT2D eigenvalue weighted by Crippen LogP contribution is -2.56. The van der Waals surface area contributed by atoms with Crippen LogP contribution >= 0.6 is 23.2 Å². The van der Waals surface area contributed by atoms with Crippen LogP contribution in [0.15, 0.2) is 48.5 Å². The van der Waals surface area contributed by atoms with Gasteiger partial charge in [-0.15, -0.1) is 0 Å². The van der Waals surface area contributed by atoms with Gasteiger partial charge in [0.15, 0.2) is 0 Å². The Labute approximate surface area is 229 Å². The molecule has 1 fully saturated rings. The summed E-state index contributed by atoms with van der Waals surface area (Å²) in [6.45, 7) is 7.91. The number of imide groups is 1. The zero-order valence-corrected chi connectivity index (χ0v) is 23.4. The molecular formula is C29H36Cl2N2O4. The molecule has 6 nitrogen and oxygen atoms in total. The highest BCUT2D eigenvalue weighted by molar-refractivity contribution is 6.30. The van der Waals surface area contributed by atoms with Gasteiger partial charge in [-0.05, 0) is 67.5 Å². The zero-order valence-electron chi connectivity index (χ0n) is 21.8. The molecule has 200 valence electrons. The lowest BCUT2D eigenvalue weighted by Gasteiger charge is -2.52. The molecule has 0 radical (unpaired) electrons. The molecule has 1 heterocycles. The summed E-state index contributed by atoms with van der Waals surface area (Å²) < 4.78 is 0. The first-order valence-electron chi connectivity index (χ1n) is 12.9. The van der Waals surface area contributed by atoms with E-state index in [2.05, 4.69) is 13.8 Å². The summed E-state index contributed by atoms with van der Waals surface area (Å²) in [6, 6.07) is 15.1. The molecule has 37 heavy (non-hydrogen) atoms. The second kappa shape index (κ2) is 12.3. The fraction of sp³-hybridized carbons (Fsp3) is 0.483. The Bertz CT molecular complexity index is 1120. The molecular weight excluding hydrogens is 511 g/mol. The molecule has 1 aliphatic heterocycles. The van der Waals surface area contributed by atoms with Gasteiger partial charge in [-0.2, -0.15) is 0 Å². The number of hydrogen-bond donors (Lipinski definition) is 2. The average Bonchev–Trinajstić information content (AvgIpc) is 2.86. The highest BCUT2D eigenvalue weighted by Gasteiger charge is 2.52. The van der Waals surface area contributed by atoms with Crippen LogP contribution in [0, 0.1) is 11.3 Å². The van der Waals surface area contributed by atoms with E-state index in [1.54, 1.807) is 0 Å². The predicted octanol–water partition coefficient (Wildman–Crippen LogP) is 7.46. The molecule has 0 aliphatic carbocycles. The molecule has 4 atom stereocenters. The molecule has 2 aromatic carbocycles. The third-order valence-electron chi connectivity index (χ3n) is 7.72. The van der Waals surface area contributed by atoms with Gasteiger partial charge in [0.2, 0.25) is 11.8 Å². The number of halogens is 2. The van der Waals surface area contributed by atoms with Crippen LogP contribution in [-0.4, -0.2) is 34.0 Å². The topological polar surface area (TPSA) is 86.7 Å². The summed E-state index contributed by atoms with van der Waals surface area (Å²) in [7, 11) is 0. The van der Waals surface area contributed by atoms with Crippen LogP contribution in [0.3, 0.4) is 0 Å². The number of piperidine rings is 1. The number of carbonyl (C=O) groups is 3. The molecule has 8 heteroatoms. The Kier molecular flexibility index (Phi) is 9.65. The first-order valence-corrected chi connectivity index (χ1v) is 13.7. The van der Waals surface area contributed by atoms with Crippen LogP contribution in [0.4, 0.5) is 4.79 Å². The first-order chi connectivity index (χ1) is 17.5. The maximum absolute atomic E-state index is 14.4. The van der Waals surface area contributed by atoms with Crippen molar-refractivity contribution in [3.05, 3.63) is 69.7 Å². The van der Waals surface area contributed by atoms with Crippen molar-refractivity contribution < 1.29 is 19.5 Å². The summed E-state index contributed by atoms with van der Waals surface area (Å²) in [4.78, 5) is 40.3. The minimum atomic E-state index is -1.39. The minimum Gasteiger partial charge on any atom is -0.465 e. The van der Waals surface area contributed by atoms with E-state index in [9.17, 15) is 14.4 Å². The van der Waals surface area contributed by atoms with Crippen LogP contribution in [-0.2, 0) is 9.59 Å². The quantitative estimate of drug-likeness (QED) is 0.341. The summed E-state index contributed by atoms with van der Waals surface area (Å²) in [5, 5.41) is 12.3. The van der Waals surface area contributed by atoms with Gasteiger partial charge >= 0.3 is 6.09 Å². The van der Waals surface area contributed by atoms with Crippen molar-refractivity contribution in [2.24, 2.45) is 11.3 Å². The molecule has 2 aromatic rings. The van der Waals surface area contributed by atoms with E-state index in [4.69, 9.17) is 28.3 Å². The Balaban J connectivity index is 2.17. The Morgan fingerprint density at radius 3 is 2.22 bits per heavy atom. The normalized spacial score (nSPS) is 22.7. The maximum Gasteiger partial charge on any atom is 0.411 e. The van der Waals surface area contributed by atoms with E-state index in [-0.39, 0.29) is 30.3 Å². The van der Waals surface area contributed by atoms with Crippen LogP contribution in [0.5, 0.6) is 0 Å². The van der Waals surface area contributed by atoms with E-state index < -0.39 is 23.3 Å². The van der Waals surface area contributed by atoms with Gasteiger partial charge in [0.05, 0.1) is 6.04 Å². The highest BCUT2D eigenvalue weighted by atomic mass is 35.5. The molecule has 1 saturated heterocycles. The van der Waals surface area contributed by atoms with Crippen molar-refractivity contribution in [3.8, 4) is 0 Å². The number of carboxylic acid groups (broad SMARTS) is 1. The van der Waals surface area contributed by atoms with Crippen LogP contribution < -0.4 is 5.32 Å². The van der Waals surface area contributed by atoms with Crippen molar-refractivity contribution in [2.45, 2.75) is 77.8 Å². The molecule has 3 rings (SSSR count). The SMILES string of the molecule is CCC(C[C@@]1(C)C[C@H](c2cccc(Cl)c2)[C@@H](c2ccc(Cl)cc2)N(C(CC)CC)C1=O)C(=O)NC(=O)O. The maximum atomic E-state index is 14.4. The molecule has 0 bridgehead atoms. The number of nitrogens with one attached hydrogen (secondary N) is 1. The Hall–Kier alpha value is -2.57. The summed E-state index contributed by atoms with van der Waals surface area (Å²) in [5.74, 6) is -1.29. The molecule has 0 saturated carbocycles. The number of amides is 3. The van der Waals surface area contributed by atoms with Gasteiger partial charge in [0, 0.05) is 33.3 Å². The number of likely N-dealkylation sites (tertiary alicyclic amines) is 1. The van der Waals surface area contributed by atoms with Crippen LogP contribution in [0.1, 0.15) is 82.9 Å². The van der Waals surface area contributed by atoms with Gasteiger partial charge in [-0.1, -0.05) is 75.2 Å². The zero-order chi connectivity index (χ0) is 27.3. The lowest BCUT2D eigenvalue weighted by molar-refractivity contribution is -0.156. The van der Waals surface area contributed by atoms with Crippen molar-refractivity contribution in [2.75, 3.05) is 0 Å². The predicted molar refractivity (Wildman–Crippen MR) is 147 cm³/mol. The van der Waals surface area contributed by atoms with E-state index in [1.165, 1.54) is 0 Å². The second-order valence-electron chi connectivity index (χ2n) is 10.2. The summed E-state index contributed by atoms with van der Waals surface area (Å²) in [6.07, 6.45) is 1.34. The molecule has 0 spiro atoms. The van der Waals surface area contributed by atoms with Crippen molar-refractivity contribution in [1.29, 1.82) is 0 Å². The second-order valence-corrected chi connectivity index (χ2v) is 11.1. The molecule has 1 aliphatic rings. The van der Waals surface area contributed by atoms with E-state index in [1.807, 2.05) is 72.6 Å². The minimum absolute atomic E-state index is 0.0117. The fourth-order valence-electron chi connectivity index (χ4n) is 5.83. The van der Waals surface area contributed by atoms with E-state index >= 15 is 0 Å². The molecule has 2 N–H and O–H groups in total. The summed E-state index contributed by atoms with van der Waals surface area (Å²) >= 11 is 12.6. The van der Waals surface area contributed by atoms with Gasteiger partial charge in [0.25, 0.3) is 0 Å². The number of rotatable bonds is 9. The number of hydrogen-bond acceptors (Lipinski definition) is 3. The molecule has 0 aromatic heterocycles. The highest BCUT2D eigenvalue weighted by Crippen LogP contribution is 2.53. The molecule has 1 unspecified atom stereocenters. The first kappa shape index (κ1) is 29.0.